The van der Waals surface area contributed by atoms with Crippen LogP contribution in [-0.2, 0) is 6.42 Å². The zero-order valence-corrected chi connectivity index (χ0v) is 12.0. The smallest absolute Gasteiger partial charge is 0.0415 e. The Morgan fingerprint density at radius 1 is 1.41 bits per heavy atom. The van der Waals surface area contributed by atoms with Crippen LogP contribution in [0.25, 0.3) is 0 Å². The molecule has 0 saturated heterocycles. The third-order valence-electron chi connectivity index (χ3n) is 3.23. The van der Waals surface area contributed by atoms with Crippen LogP contribution in [0.1, 0.15) is 55.5 Å². The van der Waals surface area contributed by atoms with Gasteiger partial charge in [0.25, 0.3) is 0 Å². The molecule has 0 radical (unpaired) electrons. The molecule has 0 bridgehead atoms. The average molecular weight is 251 g/mol. The predicted molar refractivity (Wildman–Crippen MR) is 78.8 cm³/mol. The Morgan fingerprint density at radius 3 is 2.88 bits per heavy atom. The van der Waals surface area contributed by atoms with Gasteiger partial charge >= 0.3 is 0 Å². The third-order valence-corrected chi connectivity index (χ3v) is 4.30. The maximum Gasteiger partial charge on any atom is 0.0415 e. The summed E-state index contributed by atoms with van der Waals surface area (Å²) in [6, 6.07) is 2.82. The van der Waals surface area contributed by atoms with E-state index in [0.717, 1.165) is 12.8 Å². The van der Waals surface area contributed by atoms with E-state index >= 15 is 0 Å². The number of thiophene rings is 1. The van der Waals surface area contributed by atoms with Gasteiger partial charge < -0.3 is 5.32 Å². The molecule has 0 aliphatic heterocycles. The van der Waals surface area contributed by atoms with Gasteiger partial charge in [-0.15, -0.1) is 17.9 Å². The summed E-state index contributed by atoms with van der Waals surface area (Å²) in [5, 5.41) is 5.68. The van der Waals surface area contributed by atoms with Crippen LogP contribution in [0.5, 0.6) is 0 Å². The first-order chi connectivity index (χ1) is 8.33. The molecule has 0 saturated carbocycles. The highest BCUT2D eigenvalue weighted by Gasteiger charge is 2.13. The van der Waals surface area contributed by atoms with Crippen molar-refractivity contribution in [3.05, 3.63) is 34.5 Å². The van der Waals surface area contributed by atoms with Crippen molar-refractivity contribution in [2.75, 3.05) is 7.05 Å². The normalized spacial score (nSPS) is 12.6. The first-order valence-electron chi connectivity index (χ1n) is 6.67. The summed E-state index contributed by atoms with van der Waals surface area (Å²) in [5.41, 5.74) is 1.51. The van der Waals surface area contributed by atoms with Gasteiger partial charge in [0.05, 0.1) is 0 Å². The van der Waals surface area contributed by atoms with Crippen molar-refractivity contribution in [1.29, 1.82) is 0 Å². The molecule has 1 N–H and O–H groups in total. The van der Waals surface area contributed by atoms with Crippen LogP contribution in [0.4, 0.5) is 0 Å². The highest BCUT2D eigenvalue weighted by Crippen LogP contribution is 2.28. The maximum atomic E-state index is 3.76. The number of unbranched alkanes of at least 4 members (excludes halogenated alkanes) is 3. The lowest BCUT2D eigenvalue weighted by atomic mass is 10.0. The first-order valence-corrected chi connectivity index (χ1v) is 7.55. The largest absolute Gasteiger partial charge is 0.312 e. The van der Waals surface area contributed by atoms with Crippen molar-refractivity contribution in [1.82, 2.24) is 5.32 Å². The van der Waals surface area contributed by atoms with Crippen molar-refractivity contribution in [3.8, 4) is 0 Å². The van der Waals surface area contributed by atoms with E-state index < -0.39 is 0 Å². The number of hydrogen-bond acceptors (Lipinski definition) is 2. The second-order valence-electron chi connectivity index (χ2n) is 4.43. The van der Waals surface area contributed by atoms with E-state index in [2.05, 4.69) is 37.3 Å². The van der Waals surface area contributed by atoms with Crippen molar-refractivity contribution < 1.29 is 0 Å². The SMILES string of the molecule is C=CCCCCCC(NC)c1sccc1CC. The van der Waals surface area contributed by atoms with E-state index in [1.807, 2.05) is 17.4 Å². The van der Waals surface area contributed by atoms with Crippen molar-refractivity contribution in [2.45, 2.75) is 51.5 Å². The zero-order chi connectivity index (χ0) is 12.5. The zero-order valence-electron chi connectivity index (χ0n) is 11.2. The minimum Gasteiger partial charge on any atom is -0.312 e. The summed E-state index contributed by atoms with van der Waals surface area (Å²) in [6.45, 7) is 6.00. The number of hydrogen-bond donors (Lipinski definition) is 1. The Hall–Kier alpha value is -0.600. The molecule has 2 heteroatoms. The van der Waals surface area contributed by atoms with Gasteiger partial charge in [-0.05, 0) is 49.7 Å². The van der Waals surface area contributed by atoms with Crippen LogP contribution in [-0.4, -0.2) is 7.05 Å². The summed E-state index contributed by atoms with van der Waals surface area (Å²) >= 11 is 1.90. The number of aryl methyl sites for hydroxylation is 1. The van der Waals surface area contributed by atoms with Crippen LogP contribution < -0.4 is 5.32 Å². The van der Waals surface area contributed by atoms with Gasteiger partial charge in [-0.3, -0.25) is 0 Å². The molecule has 1 heterocycles. The lowest BCUT2D eigenvalue weighted by molar-refractivity contribution is 0.512. The fourth-order valence-electron chi connectivity index (χ4n) is 2.17. The molecule has 0 aliphatic carbocycles. The van der Waals surface area contributed by atoms with Crippen LogP contribution in [0, 0.1) is 0 Å². The van der Waals surface area contributed by atoms with E-state index in [9.17, 15) is 0 Å². The fraction of sp³-hybridized carbons (Fsp3) is 0.600. The number of allylic oxidation sites excluding steroid dienone is 1. The van der Waals surface area contributed by atoms with Gasteiger partial charge in [0.15, 0.2) is 0 Å². The van der Waals surface area contributed by atoms with Gasteiger partial charge in [0, 0.05) is 10.9 Å². The van der Waals surface area contributed by atoms with Crippen LogP contribution in [0.3, 0.4) is 0 Å². The van der Waals surface area contributed by atoms with Crippen LogP contribution >= 0.6 is 11.3 Å². The monoisotopic (exact) mass is 251 g/mol. The van der Waals surface area contributed by atoms with E-state index in [1.165, 1.54) is 31.2 Å². The van der Waals surface area contributed by atoms with Gasteiger partial charge in [0.2, 0.25) is 0 Å². The summed E-state index contributed by atoms with van der Waals surface area (Å²) in [4.78, 5) is 1.54. The second kappa shape index (κ2) is 8.48. The molecule has 0 aliphatic rings. The maximum absolute atomic E-state index is 3.76. The summed E-state index contributed by atoms with van der Waals surface area (Å²) in [7, 11) is 2.08. The topological polar surface area (TPSA) is 12.0 Å². The summed E-state index contributed by atoms with van der Waals surface area (Å²) in [6.07, 6.45) is 9.48. The molecule has 1 rings (SSSR count). The second-order valence-corrected chi connectivity index (χ2v) is 5.38. The summed E-state index contributed by atoms with van der Waals surface area (Å²) in [5.74, 6) is 0. The number of rotatable bonds is 9. The van der Waals surface area contributed by atoms with Gasteiger partial charge in [-0.2, -0.15) is 0 Å². The molecule has 1 aromatic heterocycles. The molecule has 96 valence electrons. The van der Waals surface area contributed by atoms with Crippen molar-refractivity contribution in [3.63, 3.8) is 0 Å². The van der Waals surface area contributed by atoms with E-state index in [4.69, 9.17) is 0 Å². The minimum absolute atomic E-state index is 0.550. The molecule has 1 atom stereocenters. The molecule has 0 fully saturated rings. The minimum atomic E-state index is 0.550. The highest BCUT2D eigenvalue weighted by molar-refractivity contribution is 7.10. The lowest BCUT2D eigenvalue weighted by Gasteiger charge is -2.16. The van der Waals surface area contributed by atoms with E-state index in [1.54, 1.807) is 4.88 Å². The van der Waals surface area contributed by atoms with Crippen LogP contribution in [0.2, 0.25) is 0 Å². The fourth-order valence-corrected chi connectivity index (χ4v) is 3.31. The Morgan fingerprint density at radius 2 is 2.24 bits per heavy atom. The Balaban J connectivity index is 2.40. The Bertz CT molecular complexity index is 316. The molecule has 0 amide bonds. The van der Waals surface area contributed by atoms with Crippen molar-refractivity contribution >= 4 is 11.3 Å². The first kappa shape index (κ1) is 14.5. The molecule has 1 aromatic rings. The molecule has 1 unspecified atom stereocenters. The van der Waals surface area contributed by atoms with E-state index in [-0.39, 0.29) is 0 Å². The number of nitrogens with one attached hydrogen (secondary N) is 1. The van der Waals surface area contributed by atoms with Gasteiger partial charge in [-0.1, -0.05) is 25.8 Å². The highest BCUT2D eigenvalue weighted by atomic mass is 32.1. The Kier molecular flexibility index (Phi) is 7.22. The van der Waals surface area contributed by atoms with Gasteiger partial charge in [0.1, 0.15) is 0 Å². The molecule has 1 nitrogen and oxygen atoms in total. The molecule has 0 aromatic carbocycles. The Labute approximate surface area is 110 Å². The average Bonchev–Trinajstić information content (AvgIpc) is 2.82. The third kappa shape index (κ3) is 4.64. The standard InChI is InChI=1S/C15H25NS/c1-4-6-7-8-9-10-14(16-3)15-13(5-2)11-12-17-15/h4,11-12,14,16H,1,5-10H2,2-3H3. The molecular weight excluding hydrogens is 226 g/mol. The lowest BCUT2D eigenvalue weighted by Crippen LogP contribution is -2.16. The molecule has 0 spiro atoms. The quantitative estimate of drug-likeness (QED) is 0.495. The molecule has 17 heavy (non-hydrogen) atoms. The molecular formula is C15H25NS. The van der Waals surface area contributed by atoms with E-state index in [0.29, 0.717) is 6.04 Å². The van der Waals surface area contributed by atoms with Crippen LogP contribution in [0.15, 0.2) is 24.1 Å². The van der Waals surface area contributed by atoms with Crippen molar-refractivity contribution in [2.24, 2.45) is 0 Å². The predicted octanol–water partition coefficient (Wildman–Crippen LogP) is 4.71. The summed E-state index contributed by atoms with van der Waals surface area (Å²) < 4.78 is 0. The van der Waals surface area contributed by atoms with Gasteiger partial charge in [-0.25, -0.2) is 0 Å².